The molecule has 1 heterocycles. The largest absolute Gasteiger partial charge is 0.446 e. The van der Waals surface area contributed by atoms with Crippen molar-refractivity contribution in [3.63, 3.8) is 0 Å². The average molecular weight is 553 g/mol. The molecule has 4 aliphatic rings. The minimum Gasteiger partial charge on any atom is -0.446 e. The van der Waals surface area contributed by atoms with Gasteiger partial charge in [-0.2, -0.15) is 0 Å². The number of rotatable bonds is 10. The van der Waals surface area contributed by atoms with Crippen LogP contribution in [0.3, 0.4) is 0 Å². The number of sulfonamides is 1. The van der Waals surface area contributed by atoms with Gasteiger partial charge in [0.15, 0.2) is 0 Å². The van der Waals surface area contributed by atoms with Crippen LogP contribution >= 0.6 is 0 Å². The summed E-state index contributed by atoms with van der Waals surface area (Å²) in [5.74, 6) is -2.35. The highest BCUT2D eigenvalue weighted by molar-refractivity contribution is 7.91. The lowest BCUT2D eigenvalue weighted by molar-refractivity contribution is -0.141. The third-order valence-electron chi connectivity index (χ3n) is 8.13. The summed E-state index contributed by atoms with van der Waals surface area (Å²) in [6, 6.07) is -1.74. The molecule has 0 spiro atoms. The molecule has 38 heavy (non-hydrogen) atoms. The Bertz CT molecular complexity index is 1080. The SMILES string of the molecule is C=CC1CC1(NC(=O)[C@@H]1C[C@@H](C)CN1C(=O)[C@@H](NC(=O)OC1CCCC1)C(C)C)C(=O)NS(=O)(=O)C1CC1. The Kier molecular flexibility index (Phi) is 8.11. The summed E-state index contributed by atoms with van der Waals surface area (Å²) in [6.45, 7) is 9.58. The summed E-state index contributed by atoms with van der Waals surface area (Å²) < 4.78 is 32.4. The van der Waals surface area contributed by atoms with E-state index in [1.165, 1.54) is 11.0 Å². The van der Waals surface area contributed by atoms with Gasteiger partial charge in [0.05, 0.1) is 5.25 Å². The highest BCUT2D eigenvalue weighted by Crippen LogP contribution is 2.45. The molecule has 2 unspecified atom stereocenters. The van der Waals surface area contributed by atoms with E-state index in [0.29, 0.717) is 25.8 Å². The molecule has 0 aromatic heterocycles. The molecule has 5 atom stereocenters. The Morgan fingerprint density at radius 2 is 1.76 bits per heavy atom. The molecule has 4 amide bonds. The van der Waals surface area contributed by atoms with Gasteiger partial charge in [0.2, 0.25) is 21.8 Å². The molecule has 3 N–H and O–H groups in total. The highest BCUT2D eigenvalue weighted by atomic mass is 32.2. The minimum atomic E-state index is -3.79. The fourth-order valence-electron chi connectivity index (χ4n) is 5.57. The van der Waals surface area contributed by atoms with Crippen LogP contribution in [0.4, 0.5) is 4.79 Å². The highest BCUT2D eigenvalue weighted by Gasteiger charge is 2.61. The third kappa shape index (κ3) is 6.00. The van der Waals surface area contributed by atoms with Crippen molar-refractivity contribution in [1.82, 2.24) is 20.3 Å². The molecule has 0 radical (unpaired) electrons. The van der Waals surface area contributed by atoms with Crippen molar-refractivity contribution >= 4 is 33.8 Å². The predicted molar refractivity (Wildman–Crippen MR) is 139 cm³/mol. The molecule has 11 nitrogen and oxygen atoms in total. The number of ether oxygens (including phenoxy) is 1. The predicted octanol–water partition coefficient (Wildman–Crippen LogP) is 1.59. The van der Waals surface area contributed by atoms with Gasteiger partial charge in [-0.3, -0.25) is 19.1 Å². The summed E-state index contributed by atoms with van der Waals surface area (Å²) in [7, 11) is -3.79. The maximum absolute atomic E-state index is 13.6. The summed E-state index contributed by atoms with van der Waals surface area (Å²) in [6.07, 6.45) is 5.98. The number of amides is 4. The lowest BCUT2D eigenvalue weighted by Crippen LogP contribution is -2.59. The maximum atomic E-state index is 13.6. The number of nitrogens with zero attached hydrogens (tertiary/aromatic N) is 1. The molecule has 12 heteroatoms. The number of likely N-dealkylation sites (tertiary alicyclic amines) is 1. The van der Waals surface area contributed by atoms with Crippen LogP contribution in [0.15, 0.2) is 12.7 Å². The number of carbonyl (C=O) groups excluding carboxylic acids is 4. The number of hydrogen-bond acceptors (Lipinski definition) is 7. The van der Waals surface area contributed by atoms with E-state index in [1.807, 2.05) is 20.8 Å². The number of nitrogens with one attached hydrogen (secondary N) is 3. The first-order valence-electron chi connectivity index (χ1n) is 13.7. The van der Waals surface area contributed by atoms with E-state index in [2.05, 4.69) is 21.9 Å². The zero-order valence-corrected chi connectivity index (χ0v) is 23.2. The second-order valence-corrected chi connectivity index (χ2v) is 13.7. The molecule has 4 fully saturated rings. The van der Waals surface area contributed by atoms with Gasteiger partial charge in [0, 0.05) is 12.5 Å². The molecule has 0 aromatic carbocycles. The second-order valence-electron chi connectivity index (χ2n) is 11.7. The number of alkyl carbamates (subject to hydrolysis) is 1. The van der Waals surface area contributed by atoms with Gasteiger partial charge in [-0.15, -0.1) is 6.58 Å². The van der Waals surface area contributed by atoms with Gasteiger partial charge >= 0.3 is 6.09 Å². The molecule has 0 aromatic rings. The normalized spacial score (nSPS) is 30.0. The lowest BCUT2D eigenvalue weighted by atomic mass is 10.0. The van der Waals surface area contributed by atoms with Gasteiger partial charge in [0.1, 0.15) is 23.7 Å². The summed E-state index contributed by atoms with van der Waals surface area (Å²) in [4.78, 5) is 54.2. The van der Waals surface area contributed by atoms with E-state index in [9.17, 15) is 27.6 Å². The third-order valence-corrected chi connectivity index (χ3v) is 9.95. The van der Waals surface area contributed by atoms with Gasteiger partial charge in [-0.1, -0.05) is 26.8 Å². The molecule has 4 rings (SSSR count). The van der Waals surface area contributed by atoms with E-state index in [0.717, 1.165) is 25.7 Å². The molecular formula is C26H40N4O7S. The fourth-order valence-corrected chi connectivity index (χ4v) is 6.93. The zero-order chi connectivity index (χ0) is 27.8. The molecule has 212 valence electrons. The number of hydrogen-bond donors (Lipinski definition) is 3. The van der Waals surface area contributed by atoms with Crippen molar-refractivity contribution < 1.29 is 32.3 Å². The number of carbonyl (C=O) groups is 4. The Morgan fingerprint density at radius 3 is 2.32 bits per heavy atom. The van der Waals surface area contributed by atoms with Gasteiger partial charge in [0.25, 0.3) is 5.91 Å². The summed E-state index contributed by atoms with van der Waals surface area (Å²) >= 11 is 0. The van der Waals surface area contributed by atoms with E-state index >= 15 is 0 Å². The zero-order valence-electron chi connectivity index (χ0n) is 22.4. The maximum Gasteiger partial charge on any atom is 0.408 e. The first-order chi connectivity index (χ1) is 17.9. The first kappa shape index (κ1) is 28.4. The van der Waals surface area contributed by atoms with Gasteiger partial charge in [-0.25, -0.2) is 13.2 Å². The Labute approximate surface area is 224 Å². The molecule has 3 saturated carbocycles. The average Bonchev–Trinajstić information content (AvgIpc) is 3.73. The van der Waals surface area contributed by atoms with Crippen LogP contribution in [0.1, 0.15) is 72.1 Å². The van der Waals surface area contributed by atoms with E-state index in [-0.39, 0.29) is 24.4 Å². The van der Waals surface area contributed by atoms with Crippen LogP contribution in [0.25, 0.3) is 0 Å². The molecule has 0 bridgehead atoms. The molecule has 1 saturated heterocycles. The lowest BCUT2D eigenvalue weighted by Gasteiger charge is -2.31. The topological polar surface area (TPSA) is 151 Å². The quantitative estimate of drug-likeness (QED) is 0.348. The Morgan fingerprint density at radius 1 is 1.11 bits per heavy atom. The summed E-state index contributed by atoms with van der Waals surface area (Å²) in [5, 5.41) is 4.89. The monoisotopic (exact) mass is 552 g/mol. The van der Waals surface area contributed by atoms with Crippen LogP contribution < -0.4 is 15.4 Å². The van der Waals surface area contributed by atoms with E-state index in [1.54, 1.807) is 0 Å². The first-order valence-corrected chi connectivity index (χ1v) is 15.2. The van der Waals surface area contributed by atoms with Crippen LogP contribution in [0, 0.1) is 17.8 Å². The Balaban J connectivity index is 1.45. The van der Waals surface area contributed by atoms with Crippen molar-refractivity contribution in [1.29, 1.82) is 0 Å². The van der Waals surface area contributed by atoms with Crippen LogP contribution in [-0.4, -0.2) is 72.7 Å². The van der Waals surface area contributed by atoms with E-state index in [4.69, 9.17) is 4.74 Å². The smallest absolute Gasteiger partial charge is 0.408 e. The van der Waals surface area contributed by atoms with Crippen molar-refractivity contribution in [2.45, 2.75) is 101 Å². The fraction of sp³-hybridized carbons (Fsp3) is 0.769. The minimum absolute atomic E-state index is 0.0161. The standard InChI is InChI=1S/C26H40N4O7S/c1-5-17-13-26(17,24(33)29-38(35,36)19-10-11-19)28-22(31)20-12-16(4)14-30(20)23(32)21(15(2)3)27-25(34)37-18-8-6-7-9-18/h5,15-21H,1,6-14H2,2-4H3,(H,27,34)(H,28,31)(H,29,33)/t16-,17?,20+,21+,26?/m1/s1. The second kappa shape index (κ2) is 10.9. The van der Waals surface area contributed by atoms with Crippen molar-refractivity contribution in [3.05, 3.63) is 12.7 Å². The Hall–Kier alpha value is -2.63. The van der Waals surface area contributed by atoms with Crippen molar-refractivity contribution in [2.75, 3.05) is 6.54 Å². The molecule has 1 aliphatic heterocycles. The van der Waals surface area contributed by atoms with Crippen LogP contribution in [0.2, 0.25) is 0 Å². The molecular weight excluding hydrogens is 512 g/mol. The van der Waals surface area contributed by atoms with Gasteiger partial charge in [-0.05, 0) is 63.2 Å². The van der Waals surface area contributed by atoms with Crippen LogP contribution in [-0.2, 0) is 29.1 Å². The summed E-state index contributed by atoms with van der Waals surface area (Å²) in [5.41, 5.74) is -1.41. The van der Waals surface area contributed by atoms with Crippen molar-refractivity contribution in [2.24, 2.45) is 17.8 Å². The van der Waals surface area contributed by atoms with Crippen molar-refractivity contribution in [3.8, 4) is 0 Å². The molecule has 3 aliphatic carbocycles. The van der Waals surface area contributed by atoms with Gasteiger partial charge < -0.3 is 20.3 Å². The van der Waals surface area contributed by atoms with Crippen LogP contribution in [0.5, 0.6) is 0 Å². The van der Waals surface area contributed by atoms with E-state index < -0.39 is 62.6 Å².